The summed E-state index contributed by atoms with van der Waals surface area (Å²) in [7, 11) is 1.69. The van der Waals surface area contributed by atoms with E-state index in [1.54, 1.807) is 7.05 Å². The molecule has 0 radical (unpaired) electrons. The lowest BCUT2D eigenvalue weighted by Crippen LogP contribution is -2.52. The molecule has 152 valence electrons. The number of hydrogen-bond acceptors (Lipinski definition) is 4. The summed E-state index contributed by atoms with van der Waals surface area (Å²) in [5, 5.41) is 6.91. The van der Waals surface area contributed by atoms with Crippen LogP contribution in [0.15, 0.2) is 29.3 Å². The molecule has 9 heteroatoms. The molecule has 0 saturated carbocycles. The molecule has 0 unspecified atom stereocenters. The van der Waals surface area contributed by atoms with Gasteiger partial charge in [0.05, 0.1) is 13.2 Å². The van der Waals surface area contributed by atoms with E-state index in [1.807, 2.05) is 36.1 Å². The summed E-state index contributed by atoms with van der Waals surface area (Å²) in [6.07, 6.45) is 0. The Morgan fingerprint density at radius 1 is 1.19 bits per heavy atom. The zero-order chi connectivity index (χ0) is 18.8. The lowest BCUT2D eigenvalue weighted by Gasteiger charge is -2.36. The van der Waals surface area contributed by atoms with E-state index in [0.29, 0.717) is 38.8 Å². The fourth-order valence-corrected chi connectivity index (χ4v) is 2.87. The van der Waals surface area contributed by atoms with Gasteiger partial charge in [0.25, 0.3) is 0 Å². The van der Waals surface area contributed by atoms with Crippen LogP contribution in [0.3, 0.4) is 0 Å². The minimum Gasteiger partial charge on any atom is -0.380 e. The number of nitrogens with zero attached hydrogens (tertiary/aromatic N) is 3. The van der Waals surface area contributed by atoms with Crippen LogP contribution in [0, 0.1) is 0 Å². The first-order valence-electron chi connectivity index (χ1n) is 8.94. The van der Waals surface area contributed by atoms with E-state index in [-0.39, 0.29) is 36.4 Å². The molecule has 0 spiro atoms. The van der Waals surface area contributed by atoms with Gasteiger partial charge in [-0.25, -0.2) is 0 Å². The summed E-state index contributed by atoms with van der Waals surface area (Å²) in [5.74, 6) is 0.686. The number of benzene rings is 1. The Kier molecular flexibility index (Phi) is 11.5. The topological polar surface area (TPSA) is 69.2 Å². The van der Waals surface area contributed by atoms with E-state index in [4.69, 9.17) is 16.3 Å². The van der Waals surface area contributed by atoms with E-state index in [1.165, 1.54) is 0 Å². The van der Waals surface area contributed by atoms with Crippen LogP contribution in [-0.4, -0.2) is 76.3 Å². The number of halogens is 2. The van der Waals surface area contributed by atoms with Gasteiger partial charge >= 0.3 is 0 Å². The molecule has 1 saturated heterocycles. The second-order valence-electron chi connectivity index (χ2n) is 5.89. The highest BCUT2D eigenvalue weighted by Gasteiger charge is 2.21. The van der Waals surface area contributed by atoms with E-state index >= 15 is 0 Å². The molecular weight excluding hydrogens is 481 g/mol. The van der Waals surface area contributed by atoms with Crippen molar-refractivity contribution in [3.8, 4) is 0 Å². The van der Waals surface area contributed by atoms with Crippen LogP contribution in [0.1, 0.15) is 6.92 Å². The molecule has 1 aliphatic heterocycles. The Balaban J connectivity index is 0.00000364. The molecule has 0 atom stereocenters. The molecular formula is C18H29ClIN5O2. The van der Waals surface area contributed by atoms with E-state index in [0.717, 1.165) is 23.8 Å². The summed E-state index contributed by atoms with van der Waals surface area (Å²) in [6.45, 7) is 7.18. The Labute approximate surface area is 183 Å². The third kappa shape index (κ3) is 8.10. The number of carbonyl (C=O) groups is 1. The largest absolute Gasteiger partial charge is 0.380 e. The molecule has 1 amide bonds. The van der Waals surface area contributed by atoms with Gasteiger partial charge in [-0.2, -0.15) is 0 Å². The quantitative estimate of drug-likeness (QED) is 0.254. The fraction of sp³-hybridized carbons (Fsp3) is 0.556. The molecule has 1 fully saturated rings. The third-order valence-electron chi connectivity index (χ3n) is 4.20. The molecule has 2 N–H and O–H groups in total. The lowest BCUT2D eigenvalue weighted by atomic mass is 10.2. The lowest BCUT2D eigenvalue weighted by molar-refractivity contribution is -0.130. The van der Waals surface area contributed by atoms with Crippen LogP contribution >= 0.6 is 35.6 Å². The van der Waals surface area contributed by atoms with Crippen LogP contribution < -0.4 is 15.5 Å². The average molecular weight is 510 g/mol. The van der Waals surface area contributed by atoms with Crippen molar-refractivity contribution in [3.63, 3.8) is 0 Å². The van der Waals surface area contributed by atoms with Gasteiger partial charge in [-0.05, 0) is 31.2 Å². The van der Waals surface area contributed by atoms with Gasteiger partial charge in [-0.1, -0.05) is 11.6 Å². The van der Waals surface area contributed by atoms with Gasteiger partial charge in [0.1, 0.15) is 0 Å². The molecule has 0 aliphatic carbocycles. The van der Waals surface area contributed by atoms with Gasteiger partial charge in [0.15, 0.2) is 5.96 Å². The normalized spacial score (nSPS) is 14.6. The second kappa shape index (κ2) is 13.0. The minimum atomic E-state index is 0. The molecule has 0 aromatic heterocycles. The predicted octanol–water partition coefficient (Wildman–Crippen LogP) is 1.81. The van der Waals surface area contributed by atoms with Crippen molar-refractivity contribution in [1.29, 1.82) is 0 Å². The summed E-state index contributed by atoms with van der Waals surface area (Å²) in [4.78, 5) is 20.7. The molecule has 7 nitrogen and oxygen atoms in total. The van der Waals surface area contributed by atoms with Crippen LogP contribution in [0.4, 0.5) is 5.69 Å². The van der Waals surface area contributed by atoms with E-state index in [9.17, 15) is 4.79 Å². The Morgan fingerprint density at radius 3 is 2.44 bits per heavy atom. The number of ether oxygens (including phenoxy) is 1. The van der Waals surface area contributed by atoms with Crippen LogP contribution in [0.5, 0.6) is 0 Å². The van der Waals surface area contributed by atoms with Crippen LogP contribution in [-0.2, 0) is 9.53 Å². The fourth-order valence-electron chi connectivity index (χ4n) is 2.74. The summed E-state index contributed by atoms with van der Waals surface area (Å²) >= 11 is 5.93. The highest BCUT2D eigenvalue weighted by Crippen LogP contribution is 2.19. The SMILES string of the molecule is CCOCCNC(=NC)NCC(=O)N1CCN(c2ccc(Cl)cc2)CC1.I. The number of carbonyl (C=O) groups excluding carboxylic acids is 1. The summed E-state index contributed by atoms with van der Waals surface area (Å²) in [6, 6.07) is 7.81. The number of rotatable bonds is 7. The van der Waals surface area contributed by atoms with Gasteiger partial charge in [0.2, 0.25) is 5.91 Å². The van der Waals surface area contributed by atoms with Crippen molar-refractivity contribution < 1.29 is 9.53 Å². The van der Waals surface area contributed by atoms with Gasteiger partial charge in [-0.15, -0.1) is 24.0 Å². The summed E-state index contributed by atoms with van der Waals surface area (Å²) in [5.41, 5.74) is 1.14. The summed E-state index contributed by atoms with van der Waals surface area (Å²) < 4.78 is 5.27. The Bertz CT molecular complexity index is 592. The second-order valence-corrected chi connectivity index (χ2v) is 6.33. The third-order valence-corrected chi connectivity index (χ3v) is 4.45. The van der Waals surface area contributed by atoms with E-state index in [2.05, 4.69) is 20.5 Å². The highest BCUT2D eigenvalue weighted by atomic mass is 127. The van der Waals surface area contributed by atoms with Crippen molar-refractivity contribution >= 4 is 53.1 Å². The van der Waals surface area contributed by atoms with Gasteiger partial charge in [0, 0.05) is 57.1 Å². The maximum Gasteiger partial charge on any atom is 0.242 e. The standard InChI is InChI=1S/C18H28ClN5O2.HI/c1-3-26-13-8-21-18(20-2)22-14-17(25)24-11-9-23(10-12-24)16-6-4-15(19)5-7-16;/h4-7H,3,8-14H2,1-2H3,(H2,20,21,22);1H. The first-order chi connectivity index (χ1) is 12.6. The smallest absolute Gasteiger partial charge is 0.242 e. The number of aliphatic imine (C=N–C) groups is 1. The van der Waals surface area contributed by atoms with E-state index < -0.39 is 0 Å². The molecule has 0 bridgehead atoms. The van der Waals surface area contributed by atoms with Crippen LogP contribution in [0.2, 0.25) is 5.02 Å². The molecule has 1 heterocycles. The first-order valence-corrected chi connectivity index (χ1v) is 9.32. The molecule has 2 rings (SSSR count). The number of piperazine rings is 1. The predicted molar refractivity (Wildman–Crippen MR) is 122 cm³/mol. The molecule has 1 aliphatic rings. The van der Waals surface area contributed by atoms with Crippen molar-refractivity contribution in [1.82, 2.24) is 15.5 Å². The van der Waals surface area contributed by atoms with Gasteiger partial charge in [-0.3, -0.25) is 9.79 Å². The molecule has 27 heavy (non-hydrogen) atoms. The molecule has 1 aromatic rings. The Hall–Kier alpha value is -1.26. The van der Waals surface area contributed by atoms with Crippen molar-refractivity contribution in [3.05, 3.63) is 29.3 Å². The first kappa shape index (κ1) is 23.8. The Morgan fingerprint density at radius 2 is 1.85 bits per heavy atom. The average Bonchev–Trinajstić information content (AvgIpc) is 2.68. The number of hydrogen-bond donors (Lipinski definition) is 2. The number of amides is 1. The number of guanidine groups is 1. The van der Waals surface area contributed by atoms with Crippen molar-refractivity contribution in [2.24, 2.45) is 4.99 Å². The van der Waals surface area contributed by atoms with Crippen molar-refractivity contribution in [2.75, 3.05) is 64.4 Å². The zero-order valence-electron chi connectivity index (χ0n) is 15.9. The number of anilines is 1. The zero-order valence-corrected chi connectivity index (χ0v) is 19.0. The maximum absolute atomic E-state index is 12.4. The van der Waals surface area contributed by atoms with Crippen LogP contribution in [0.25, 0.3) is 0 Å². The minimum absolute atomic E-state index is 0. The van der Waals surface area contributed by atoms with Gasteiger partial charge < -0.3 is 25.2 Å². The monoisotopic (exact) mass is 509 g/mol. The van der Waals surface area contributed by atoms with Crippen molar-refractivity contribution in [2.45, 2.75) is 6.92 Å². The number of nitrogens with one attached hydrogen (secondary N) is 2. The molecule has 1 aromatic carbocycles. The highest BCUT2D eigenvalue weighted by molar-refractivity contribution is 14.0. The maximum atomic E-state index is 12.4.